The van der Waals surface area contributed by atoms with Crippen LogP contribution < -0.4 is 5.32 Å². The van der Waals surface area contributed by atoms with Crippen LogP contribution in [0, 0.1) is 0 Å². The zero-order chi connectivity index (χ0) is 13.7. The van der Waals surface area contributed by atoms with Crippen LogP contribution in [0.5, 0.6) is 0 Å². The summed E-state index contributed by atoms with van der Waals surface area (Å²) in [7, 11) is 1.55. The first-order valence-electron chi connectivity index (χ1n) is 5.85. The Bertz CT molecular complexity index is 540. The summed E-state index contributed by atoms with van der Waals surface area (Å²) in [5.74, 6) is -0.178. The highest BCUT2D eigenvalue weighted by molar-refractivity contribution is 6.30. The fourth-order valence-electron chi connectivity index (χ4n) is 1.71. The molecule has 4 heteroatoms. The summed E-state index contributed by atoms with van der Waals surface area (Å²) in [6.45, 7) is 0. The highest BCUT2D eigenvalue weighted by atomic mass is 35.5. The molecule has 2 rings (SSSR count). The van der Waals surface area contributed by atoms with E-state index in [1.165, 1.54) is 0 Å². The van der Waals surface area contributed by atoms with Gasteiger partial charge in [-0.15, -0.1) is 0 Å². The lowest BCUT2D eigenvalue weighted by molar-refractivity contribution is 0.0575. The number of hydrogen-bond acceptors (Lipinski definition) is 2. The smallest absolute Gasteiger partial charge is 0.253 e. The first-order valence-corrected chi connectivity index (χ1v) is 6.22. The number of methoxy groups -OCH3 is 1. The van der Waals surface area contributed by atoms with Crippen LogP contribution in [0.3, 0.4) is 0 Å². The molecule has 1 N–H and O–H groups in total. The van der Waals surface area contributed by atoms with E-state index in [4.69, 9.17) is 16.3 Å². The molecule has 1 atom stereocenters. The van der Waals surface area contributed by atoms with Gasteiger partial charge in [0.25, 0.3) is 5.91 Å². The molecule has 19 heavy (non-hydrogen) atoms. The lowest BCUT2D eigenvalue weighted by atomic mass is 10.1. The highest BCUT2D eigenvalue weighted by Gasteiger charge is 2.14. The molecule has 0 bridgehead atoms. The standard InChI is InChI=1S/C15H14ClNO2/c1-19-15(12-7-9-13(16)10-8-12)17-14(18)11-5-3-2-4-6-11/h2-10,15H,1H3,(H,17,18). The fourth-order valence-corrected chi connectivity index (χ4v) is 1.83. The van der Waals surface area contributed by atoms with Gasteiger partial charge in [-0.25, -0.2) is 0 Å². The summed E-state index contributed by atoms with van der Waals surface area (Å²) < 4.78 is 5.29. The van der Waals surface area contributed by atoms with Crippen LogP contribution in [0.4, 0.5) is 0 Å². The molecule has 3 nitrogen and oxygen atoms in total. The molecule has 0 saturated carbocycles. The summed E-state index contributed by atoms with van der Waals surface area (Å²) >= 11 is 5.83. The van der Waals surface area contributed by atoms with Crippen molar-refractivity contribution in [2.45, 2.75) is 6.23 Å². The van der Waals surface area contributed by atoms with Gasteiger partial charge in [0.2, 0.25) is 0 Å². The predicted octanol–water partition coefficient (Wildman–Crippen LogP) is 3.42. The molecule has 98 valence electrons. The number of rotatable bonds is 4. The van der Waals surface area contributed by atoms with E-state index in [0.29, 0.717) is 10.6 Å². The number of carbonyl (C=O) groups is 1. The van der Waals surface area contributed by atoms with Crippen LogP contribution in [-0.4, -0.2) is 13.0 Å². The van der Waals surface area contributed by atoms with Gasteiger partial charge in [0.1, 0.15) is 0 Å². The van der Waals surface area contributed by atoms with Crippen LogP contribution in [-0.2, 0) is 4.74 Å². The Morgan fingerprint density at radius 1 is 1.11 bits per heavy atom. The van der Waals surface area contributed by atoms with E-state index in [9.17, 15) is 4.79 Å². The van der Waals surface area contributed by atoms with Gasteiger partial charge in [0, 0.05) is 23.3 Å². The third kappa shape index (κ3) is 3.56. The van der Waals surface area contributed by atoms with Crippen molar-refractivity contribution in [3.05, 3.63) is 70.7 Å². The second kappa shape index (κ2) is 6.36. The quantitative estimate of drug-likeness (QED) is 0.869. The maximum absolute atomic E-state index is 12.0. The number of ether oxygens (including phenoxy) is 1. The van der Waals surface area contributed by atoms with Crippen LogP contribution in [0.2, 0.25) is 5.02 Å². The van der Waals surface area contributed by atoms with E-state index in [0.717, 1.165) is 5.56 Å². The van der Waals surface area contributed by atoms with Crippen LogP contribution in [0.25, 0.3) is 0 Å². The summed E-state index contributed by atoms with van der Waals surface area (Å²) in [5, 5.41) is 3.46. The van der Waals surface area contributed by atoms with Gasteiger partial charge in [-0.2, -0.15) is 0 Å². The topological polar surface area (TPSA) is 38.3 Å². The molecule has 0 spiro atoms. The van der Waals surface area contributed by atoms with Crippen molar-refractivity contribution in [3.8, 4) is 0 Å². The largest absolute Gasteiger partial charge is 0.357 e. The molecule has 1 unspecified atom stereocenters. The molecule has 0 aromatic heterocycles. The van der Waals surface area contributed by atoms with Crippen molar-refractivity contribution in [1.82, 2.24) is 5.32 Å². The number of nitrogens with one attached hydrogen (secondary N) is 1. The molecule has 0 aliphatic rings. The van der Waals surface area contributed by atoms with Gasteiger partial charge in [-0.1, -0.05) is 41.9 Å². The van der Waals surface area contributed by atoms with Gasteiger partial charge < -0.3 is 10.1 Å². The lowest BCUT2D eigenvalue weighted by Crippen LogP contribution is -2.29. The summed E-state index contributed by atoms with van der Waals surface area (Å²) in [6, 6.07) is 16.2. The third-order valence-corrected chi connectivity index (χ3v) is 2.96. The van der Waals surface area contributed by atoms with Gasteiger partial charge in [0.05, 0.1) is 0 Å². The maximum atomic E-state index is 12.0. The minimum Gasteiger partial charge on any atom is -0.357 e. The molecular weight excluding hydrogens is 262 g/mol. The normalized spacial score (nSPS) is 11.9. The Morgan fingerprint density at radius 2 is 1.74 bits per heavy atom. The summed E-state index contributed by atoms with van der Waals surface area (Å²) in [5.41, 5.74) is 1.44. The van der Waals surface area contributed by atoms with Gasteiger partial charge in [-0.05, 0) is 24.3 Å². The molecule has 0 heterocycles. The molecule has 0 radical (unpaired) electrons. The van der Waals surface area contributed by atoms with Crippen LogP contribution in [0.15, 0.2) is 54.6 Å². The van der Waals surface area contributed by atoms with E-state index in [-0.39, 0.29) is 5.91 Å². The second-order valence-electron chi connectivity index (χ2n) is 4.01. The lowest BCUT2D eigenvalue weighted by Gasteiger charge is -2.17. The number of hydrogen-bond donors (Lipinski definition) is 1. The Morgan fingerprint density at radius 3 is 2.32 bits per heavy atom. The van der Waals surface area contributed by atoms with E-state index in [1.54, 1.807) is 31.4 Å². The van der Waals surface area contributed by atoms with Crippen molar-refractivity contribution in [2.75, 3.05) is 7.11 Å². The Hall–Kier alpha value is -1.84. The Kier molecular flexibility index (Phi) is 4.55. The van der Waals surface area contributed by atoms with Gasteiger partial charge in [-0.3, -0.25) is 4.79 Å². The van der Waals surface area contributed by atoms with Crippen molar-refractivity contribution in [1.29, 1.82) is 0 Å². The van der Waals surface area contributed by atoms with Crippen molar-refractivity contribution in [2.24, 2.45) is 0 Å². The molecule has 0 fully saturated rings. The molecule has 0 aliphatic heterocycles. The zero-order valence-electron chi connectivity index (χ0n) is 10.5. The monoisotopic (exact) mass is 275 g/mol. The number of carbonyl (C=O) groups excluding carboxylic acids is 1. The molecule has 2 aromatic carbocycles. The third-order valence-electron chi connectivity index (χ3n) is 2.71. The van der Waals surface area contributed by atoms with E-state index in [2.05, 4.69) is 5.32 Å². The fraction of sp³-hybridized carbons (Fsp3) is 0.133. The molecule has 0 aliphatic carbocycles. The number of amides is 1. The van der Waals surface area contributed by atoms with Gasteiger partial charge in [0.15, 0.2) is 6.23 Å². The predicted molar refractivity (Wildman–Crippen MR) is 75.1 cm³/mol. The SMILES string of the molecule is COC(NC(=O)c1ccccc1)c1ccc(Cl)cc1. The minimum atomic E-state index is -0.495. The van der Waals surface area contributed by atoms with Crippen molar-refractivity contribution in [3.63, 3.8) is 0 Å². The average molecular weight is 276 g/mol. The second-order valence-corrected chi connectivity index (χ2v) is 4.44. The van der Waals surface area contributed by atoms with Gasteiger partial charge >= 0.3 is 0 Å². The molecule has 2 aromatic rings. The zero-order valence-corrected chi connectivity index (χ0v) is 11.2. The molecule has 1 amide bonds. The number of halogens is 1. The first kappa shape index (κ1) is 13.6. The highest BCUT2D eigenvalue weighted by Crippen LogP contribution is 2.17. The van der Waals surface area contributed by atoms with Crippen molar-refractivity contribution < 1.29 is 9.53 Å². The van der Waals surface area contributed by atoms with Crippen LogP contribution in [0.1, 0.15) is 22.1 Å². The minimum absolute atomic E-state index is 0.178. The van der Waals surface area contributed by atoms with E-state index in [1.807, 2.05) is 30.3 Å². The summed E-state index contributed by atoms with van der Waals surface area (Å²) in [4.78, 5) is 12.0. The molecular formula is C15H14ClNO2. The van der Waals surface area contributed by atoms with E-state index >= 15 is 0 Å². The number of benzene rings is 2. The van der Waals surface area contributed by atoms with E-state index < -0.39 is 6.23 Å². The maximum Gasteiger partial charge on any atom is 0.253 e. The van der Waals surface area contributed by atoms with Crippen LogP contribution >= 0.6 is 11.6 Å². The first-order chi connectivity index (χ1) is 9.20. The Labute approximate surface area is 117 Å². The average Bonchev–Trinajstić information content (AvgIpc) is 2.46. The molecule has 0 saturated heterocycles. The van der Waals surface area contributed by atoms with Crippen molar-refractivity contribution >= 4 is 17.5 Å². The summed E-state index contributed by atoms with van der Waals surface area (Å²) in [6.07, 6.45) is -0.495. The Balaban J connectivity index is 2.11.